The van der Waals surface area contributed by atoms with Crippen LogP contribution in [-0.4, -0.2) is 94.4 Å². The van der Waals surface area contributed by atoms with Crippen LogP contribution in [0.5, 0.6) is 0 Å². The number of carbonyl (C=O) groups is 4. The lowest BCUT2D eigenvalue weighted by molar-refractivity contribution is -0.150. The van der Waals surface area contributed by atoms with E-state index in [1.54, 1.807) is 11.8 Å². The van der Waals surface area contributed by atoms with Gasteiger partial charge in [-0.3, -0.25) is 14.4 Å². The topological polar surface area (TPSA) is 159 Å². The Morgan fingerprint density at radius 2 is 1.66 bits per heavy atom. The number of aliphatic carboxylic acids is 1. The first-order valence-corrected chi connectivity index (χ1v) is 12.8. The van der Waals surface area contributed by atoms with E-state index in [9.17, 15) is 24.3 Å². The number of hydrogen-bond donors (Lipinski definition) is 4. The summed E-state index contributed by atoms with van der Waals surface area (Å²) < 4.78 is 0. The Morgan fingerprint density at radius 1 is 1.03 bits per heavy atom. The lowest BCUT2D eigenvalue weighted by Gasteiger charge is -2.30. The predicted octanol–water partition coefficient (Wildman–Crippen LogP) is -0.253. The van der Waals surface area contributed by atoms with Crippen LogP contribution in [-0.2, 0) is 19.2 Å². The first-order chi connectivity index (χ1) is 15.3. The number of unbranched alkanes of at least 4 members (excludes halogenated alkanes) is 1. The highest BCUT2D eigenvalue weighted by Crippen LogP contribution is 2.22. The monoisotopic (exact) mass is 471 g/mol. The van der Waals surface area contributed by atoms with Crippen molar-refractivity contribution in [2.75, 3.05) is 31.6 Å². The van der Waals surface area contributed by atoms with Gasteiger partial charge in [-0.15, -0.1) is 0 Å². The SMILES string of the molecule is CSCCC(N)C(=O)N1CCCC1C(=O)NC(CCCCN)C(=O)N1CCCC1C(=O)O. The molecule has 6 N–H and O–H groups in total. The normalized spacial score (nSPS) is 22.6. The third-order valence-electron chi connectivity index (χ3n) is 6.17. The molecule has 182 valence electrons. The van der Waals surface area contributed by atoms with E-state index in [4.69, 9.17) is 11.5 Å². The van der Waals surface area contributed by atoms with E-state index in [0.29, 0.717) is 71.0 Å². The summed E-state index contributed by atoms with van der Waals surface area (Å²) in [6.45, 7) is 1.29. The third kappa shape index (κ3) is 6.82. The average molecular weight is 472 g/mol. The first-order valence-electron chi connectivity index (χ1n) is 11.4. The summed E-state index contributed by atoms with van der Waals surface area (Å²) in [5, 5.41) is 12.3. The summed E-state index contributed by atoms with van der Waals surface area (Å²) in [6, 6.07) is -3.02. The molecule has 0 saturated carbocycles. The number of likely N-dealkylation sites (tertiary alicyclic amines) is 2. The summed E-state index contributed by atoms with van der Waals surface area (Å²) in [7, 11) is 0. The van der Waals surface area contributed by atoms with E-state index in [1.807, 2.05) is 6.26 Å². The van der Waals surface area contributed by atoms with Gasteiger partial charge in [-0.05, 0) is 69.9 Å². The third-order valence-corrected chi connectivity index (χ3v) is 6.82. The van der Waals surface area contributed by atoms with Crippen molar-refractivity contribution < 1.29 is 24.3 Å². The lowest BCUT2D eigenvalue weighted by Crippen LogP contribution is -2.56. The summed E-state index contributed by atoms with van der Waals surface area (Å²) in [5.74, 6) is -1.28. The number of carboxylic acid groups (broad SMARTS) is 1. The fourth-order valence-electron chi connectivity index (χ4n) is 4.39. The molecule has 4 unspecified atom stereocenters. The molecule has 0 aromatic heterocycles. The predicted molar refractivity (Wildman–Crippen MR) is 123 cm³/mol. The fourth-order valence-corrected chi connectivity index (χ4v) is 4.88. The zero-order chi connectivity index (χ0) is 23.7. The number of carboxylic acids is 1. The molecule has 0 spiro atoms. The number of nitrogens with zero attached hydrogens (tertiary/aromatic N) is 2. The molecule has 2 fully saturated rings. The van der Waals surface area contributed by atoms with Gasteiger partial charge in [-0.1, -0.05) is 0 Å². The maximum absolute atomic E-state index is 13.2. The Kier molecular flexibility index (Phi) is 10.7. The highest BCUT2D eigenvalue weighted by atomic mass is 32.2. The van der Waals surface area contributed by atoms with Crippen molar-refractivity contribution in [1.29, 1.82) is 0 Å². The minimum Gasteiger partial charge on any atom is -0.480 e. The number of carbonyl (C=O) groups excluding carboxylic acids is 3. The number of amides is 3. The zero-order valence-electron chi connectivity index (χ0n) is 18.8. The van der Waals surface area contributed by atoms with Crippen LogP contribution in [0.25, 0.3) is 0 Å². The molecule has 2 heterocycles. The van der Waals surface area contributed by atoms with Crippen LogP contribution >= 0.6 is 11.8 Å². The molecule has 32 heavy (non-hydrogen) atoms. The van der Waals surface area contributed by atoms with Crippen molar-refractivity contribution in [3.8, 4) is 0 Å². The van der Waals surface area contributed by atoms with Gasteiger partial charge in [-0.2, -0.15) is 11.8 Å². The van der Waals surface area contributed by atoms with Crippen LogP contribution in [0.1, 0.15) is 51.4 Å². The number of thioether (sulfide) groups is 1. The molecule has 0 aromatic rings. The molecular weight excluding hydrogens is 434 g/mol. The van der Waals surface area contributed by atoms with Crippen LogP contribution < -0.4 is 16.8 Å². The standard InChI is InChI=1S/C21H37N5O5S/c1-32-13-9-14(23)19(28)25-11-4-7-16(25)18(27)24-15(6-2-3-10-22)20(29)26-12-5-8-17(26)21(30)31/h14-17H,2-13,22-23H2,1H3,(H,24,27)(H,30,31). The Morgan fingerprint density at radius 3 is 2.25 bits per heavy atom. The van der Waals surface area contributed by atoms with Gasteiger partial charge in [0.1, 0.15) is 18.1 Å². The van der Waals surface area contributed by atoms with Crippen molar-refractivity contribution in [3.05, 3.63) is 0 Å². The molecule has 3 amide bonds. The van der Waals surface area contributed by atoms with Gasteiger partial charge in [0.05, 0.1) is 6.04 Å². The van der Waals surface area contributed by atoms with E-state index in [1.165, 1.54) is 9.80 Å². The second-order valence-corrected chi connectivity index (χ2v) is 9.44. The molecule has 10 nitrogen and oxygen atoms in total. The van der Waals surface area contributed by atoms with Gasteiger partial charge in [0, 0.05) is 13.1 Å². The highest BCUT2D eigenvalue weighted by Gasteiger charge is 2.40. The minimum absolute atomic E-state index is 0.242. The molecule has 2 aliphatic heterocycles. The van der Waals surface area contributed by atoms with E-state index < -0.39 is 30.1 Å². The smallest absolute Gasteiger partial charge is 0.326 e. The zero-order valence-corrected chi connectivity index (χ0v) is 19.6. The molecule has 4 atom stereocenters. The Labute approximate surface area is 193 Å². The molecule has 0 bridgehead atoms. The van der Waals surface area contributed by atoms with E-state index in [0.717, 1.165) is 5.75 Å². The van der Waals surface area contributed by atoms with E-state index in [-0.39, 0.29) is 17.7 Å². The first kappa shape index (κ1) is 26.4. The van der Waals surface area contributed by atoms with Gasteiger partial charge >= 0.3 is 5.97 Å². The molecule has 0 aliphatic carbocycles. The molecular formula is C21H37N5O5S. The molecule has 2 aliphatic rings. The maximum Gasteiger partial charge on any atom is 0.326 e. The summed E-state index contributed by atoms with van der Waals surface area (Å²) in [6.07, 6.45) is 6.41. The molecule has 11 heteroatoms. The minimum atomic E-state index is -1.03. The summed E-state index contributed by atoms with van der Waals surface area (Å²) in [4.78, 5) is 53.5. The van der Waals surface area contributed by atoms with Gasteiger partial charge in [0.15, 0.2) is 0 Å². The quantitative estimate of drug-likeness (QED) is 0.284. The Balaban J connectivity index is 2.08. The molecule has 2 rings (SSSR count). The fraction of sp³-hybridized carbons (Fsp3) is 0.810. The molecule has 0 aromatic carbocycles. The number of nitrogens with one attached hydrogen (secondary N) is 1. The van der Waals surface area contributed by atoms with Crippen molar-refractivity contribution >= 4 is 35.5 Å². The lowest BCUT2D eigenvalue weighted by atomic mass is 10.1. The Bertz CT molecular complexity index is 679. The Hall–Kier alpha value is -1.85. The highest BCUT2D eigenvalue weighted by molar-refractivity contribution is 7.98. The number of hydrogen-bond acceptors (Lipinski definition) is 7. The van der Waals surface area contributed by atoms with Gasteiger partial charge < -0.3 is 31.7 Å². The van der Waals surface area contributed by atoms with Crippen molar-refractivity contribution in [2.24, 2.45) is 11.5 Å². The van der Waals surface area contributed by atoms with Crippen molar-refractivity contribution in [3.63, 3.8) is 0 Å². The van der Waals surface area contributed by atoms with Gasteiger partial charge in [-0.25, -0.2) is 4.79 Å². The van der Waals surface area contributed by atoms with Crippen LogP contribution in [0.4, 0.5) is 0 Å². The van der Waals surface area contributed by atoms with Crippen molar-refractivity contribution in [1.82, 2.24) is 15.1 Å². The van der Waals surface area contributed by atoms with E-state index in [2.05, 4.69) is 5.32 Å². The van der Waals surface area contributed by atoms with Crippen LogP contribution in [0.2, 0.25) is 0 Å². The number of rotatable bonds is 12. The molecule has 2 saturated heterocycles. The second kappa shape index (κ2) is 13.0. The van der Waals surface area contributed by atoms with Gasteiger partial charge in [0.25, 0.3) is 0 Å². The second-order valence-electron chi connectivity index (χ2n) is 8.45. The van der Waals surface area contributed by atoms with Crippen LogP contribution in [0, 0.1) is 0 Å². The van der Waals surface area contributed by atoms with Crippen molar-refractivity contribution in [2.45, 2.75) is 75.5 Å². The maximum atomic E-state index is 13.2. The average Bonchev–Trinajstić information content (AvgIpc) is 3.45. The summed E-state index contributed by atoms with van der Waals surface area (Å²) >= 11 is 1.61. The largest absolute Gasteiger partial charge is 0.480 e. The van der Waals surface area contributed by atoms with E-state index >= 15 is 0 Å². The van der Waals surface area contributed by atoms with Crippen LogP contribution in [0.15, 0.2) is 0 Å². The number of nitrogens with two attached hydrogens (primary N) is 2. The molecule has 0 radical (unpaired) electrons. The summed E-state index contributed by atoms with van der Waals surface area (Å²) in [5.41, 5.74) is 11.6. The van der Waals surface area contributed by atoms with Crippen LogP contribution in [0.3, 0.4) is 0 Å². The van der Waals surface area contributed by atoms with Gasteiger partial charge in [0.2, 0.25) is 17.7 Å².